The molecule has 2 amide bonds. The first-order valence-electron chi connectivity index (χ1n) is 9.21. The van der Waals surface area contributed by atoms with Crippen molar-refractivity contribution in [3.63, 3.8) is 0 Å². The van der Waals surface area contributed by atoms with Gasteiger partial charge in [-0.25, -0.2) is 0 Å². The number of hydrogen-bond acceptors (Lipinski definition) is 7. The zero-order valence-corrected chi connectivity index (χ0v) is 16.9. The van der Waals surface area contributed by atoms with Gasteiger partial charge in [-0.2, -0.15) is 4.98 Å². The van der Waals surface area contributed by atoms with E-state index in [-0.39, 0.29) is 17.6 Å². The molecule has 3 rings (SSSR count). The Hall–Kier alpha value is -3.88. The van der Waals surface area contributed by atoms with Crippen molar-refractivity contribution in [3.8, 4) is 22.9 Å². The number of methoxy groups -OCH3 is 2. The lowest BCUT2D eigenvalue weighted by Crippen LogP contribution is -2.26. The molecule has 1 aromatic heterocycles. The molecule has 0 bridgehead atoms. The second-order valence-corrected chi connectivity index (χ2v) is 6.27. The Balaban J connectivity index is 1.58. The number of carbonyl (C=O) groups is 2. The third kappa shape index (κ3) is 4.75. The molecule has 2 N–H and O–H groups in total. The van der Waals surface area contributed by atoms with Crippen molar-refractivity contribution in [2.45, 2.75) is 6.42 Å². The summed E-state index contributed by atoms with van der Waals surface area (Å²) < 4.78 is 15.5. The van der Waals surface area contributed by atoms with Crippen LogP contribution in [-0.4, -0.2) is 49.8 Å². The molecule has 0 aliphatic carbocycles. The van der Waals surface area contributed by atoms with E-state index in [0.717, 1.165) is 5.56 Å². The van der Waals surface area contributed by atoms with E-state index in [2.05, 4.69) is 20.8 Å². The quantitative estimate of drug-likeness (QED) is 0.584. The molecule has 0 fully saturated rings. The monoisotopic (exact) mass is 410 g/mol. The molecule has 0 aliphatic rings. The fourth-order valence-corrected chi connectivity index (χ4v) is 2.77. The van der Waals surface area contributed by atoms with E-state index in [0.29, 0.717) is 35.6 Å². The maximum Gasteiger partial charge on any atom is 0.316 e. The second kappa shape index (κ2) is 9.55. The third-order valence-corrected chi connectivity index (χ3v) is 4.40. The van der Waals surface area contributed by atoms with Crippen molar-refractivity contribution >= 4 is 11.8 Å². The van der Waals surface area contributed by atoms with Crippen LogP contribution in [0.2, 0.25) is 0 Å². The molecule has 9 nitrogen and oxygen atoms in total. The molecule has 0 radical (unpaired) electrons. The van der Waals surface area contributed by atoms with Crippen LogP contribution in [0.4, 0.5) is 0 Å². The van der Waals surface area contributed by atoms with E-state index in [4.69, 9.17) is 14.0 Å². The first-order valence-corrected chi connectivity index (χ1v) is 9.21. The van der Waals surface area contributed by atoms with E-state index < -0.39 is 5.91 Å². The average Bonchev–Trinajstić information content (AvgIpc) is 3.29. The molecule has 30 heavy (non-hydrogen) atoms. The molecule has 0 aliphatic heterocycles. The maximum absolute atomic E-state index is 12.3. The van der Waals surface area contributed by atoms with Crippen molar-refractivity contribution in [2.75, 3.05) is 27.8 Å². The zero-order chi connectivity index (χ0) is 21.5. The summed E-state index contributed by atoms with van der Waals surface area (Å²) in [7, 11) is 4.66. The lowest BCUT2D eigenvalue weighted by molar-refractivity contribution is 0.0909. The van der Waals surface area contributed by atoms with Crippen LogP contribution >= 0.6 is 0 Å². The summed E-state index contributed by atoms with van der Waals surface area (Å²) in [5.74, 6) is 0.632. The van der Waals surface area contributed by atoms with Gasteiger partial charge in [-0.1, -0.05) is 17.3 Å². The lowest BCUT2D eigenvalue weighted by atomic mass is 10.1. The minimum atomic E-state index is -0.462. The number of nitrogens with zero attached hydrogens (tertiary/aromatic N) is 2. The molecule has 9 heteroatoms. The zero-order valence-electron chi connectivity index (χ0n) is 16.9. The Bertz CT molecular complexity index is 1030. The number of ether oxygens (including phenoxy) is 2. The van der Waals surface area contributed by atoms with Gasteiger partial charge in [-0.05, 0) is 42.3 Å². The predicted octanol–water partition coefficient (Wildman–Crippen LogP) is 2.09. The number of nitrogens with one attached hydrogen (secondary N) is 2. The number of carbonyl (C=O) groups excluding carboxylic acids is 2. The van der Waals surface area contributed by atoms with E-state index >= 15 is 0 Å². The van der Waals surface area contributed by atoms with Crippen molar-refractivity contribution in [2.24, 2.45) is 0 Å². The molecule has 0 atom stereocenters. The summed E-state index contributed by atoms with van der Waals surface area (Å²) in [4.78, 5) is 28.0. The molecule has 0 saturated carbocycles. The van der Waals surface area contributed by atoms with E-state index in [1.54, 1.807) is 44.5 Å². The second-order valence-electron chi connectivity index (χ2n) is 6.27. The summed E-state index contributed by atoms with van der Waals surface area (Å²) in [5.41, 5.74) is 2.20. The van der Waals surface area contributed by atoms with Gasteiger partial charge in [0.1, 0.15) is 0 Å². The Kier molecular flexibility index (Phi) is 6.63. The summed E-state index contributed by atoms with van der Waals surface area (Å²) >= 11 is 0. The number of aromatic nitrogens is 2. The summed E-state index contributed by atoms with van der Waals surface area (Å²) in [6.45, 7) is 0.381. The lowest BCUT2D eigenvalue weighted by Gasteiger charge is -2.07. The molecule has 3 aromatic rings. The fourth-order valence-electron chi connectivity index (χ4n) is 2.77. The number of amides is 2. The Morgan fingerprint density at radius 2 is 1.73 bits per heavy atom. The van der Waals surface area contributed by atoms with Crippen molar-refractivity contribution in [1.29, 1.82) is 0 Å². The van der Waals surface area contributed by atoms with Crippen LogP contribution in [0.25, 0.3) is 11.4 Å². The van der Waals surface area contributed by atoms with Crippen LogP contribution in [0, 0.1) is 0 Å². The molecule has 0 saturated heterocycles. The highest BCUT2D eigenvalue weighted by Crippen LogP contribution is 2.31. The van der Waals surface area contributed by atoms with Gasteiger partial charge in [0.05, 0.1) is 14.2 Å². The third-order valence-electron chi connectivity index (χ3n) is 4.40. The highest BCUT2D eigenvalue weighted by atomic mass is 16.5. The molecular weight excluding hydrogens is 388 g/mol. The van der Waals surface area contributed by atoms with E-state index in [1.165, 1.54) is 7.11 Å². The van der Waals surface area contributed by atoms with Crippen LogP contribution < -0.4 is 20.1 Å². The number of rotatable bonds is 8. The minimum absolute atomic E-state index is 0.130. The smallest absolute Gasteiger partial charge is 0.316 e. The maximum atomic E-state index is 12.3. The normalized spacial score (nSPS) is 10.4. The summed E-state index contributed by atoms with van der Waals surface area (Å²) in [6, 6.07) is 12.3. The molecule has 156 valence electrons. The summed E-state index contributed by atoms with van der Waals surface area (Å²) in [5, 5.41) is 9.17. The SMILES string of the molecule is CNC(=O)c1ccc(CCNC(=O)c2nc(-c3ccc(OC)c(OC)c3)no2)cc1. The topological polar surface area (TPSA) is 116 Å². The molecule has 1 heterocycles. The van der Waals surface area contributed by atoms with Crippen LogP contribution in [0.1, 0.15) is 26.6 Å². The largest absolute Gasteiger partial charge is 0.493 e. The van der Waals surface area contributed by atoms with E-state index in [9.17, 15) is 9.59 Å². The first kappa shape index (κ1) is 20.8. The highest BCUT2D eigenvalue weighted by Gasteiger charge is 2.17. The molecule has 2 aromatic carbocycles. The summed E-state index contributed by atoms with van der Waals surface area (Å²) in [6.07, 6.45) is 0.594. The predicted molar refractivity (Wildman–Crippen MR) is 109 cm³/mol. The van der Waals surface area contributed by atoms with Crippen LogP contribution in [0.15, 0.2) is 47.0 Å². The fraction of sp³-hybridized carbons (Fsp3) is 0.238. The highest BCUT2D eigenvalue weighted by molar-refractivity contribution is 5.94. The molecule has 0 unspecified atom stereocenters. The van der Waals surface area contributed by atoms with Crippen LogP contribution in [0.5, 0.6) is 11.5 Å². The van der Waals surface area contributed by atoms with Crippen molar-refractivity contribution < 1.29 is 23.6 Å². The Morgan fingerprint density at radius 1 is 1.00 bits per heavy atom. The van der Waals surface area contributed by atoms with Gasteiger partial charge in [0, 0.05) is 24.7 Å². The standard InChI is InChI=1S/C21H22N4O5/c1-22-19(26)14-6-4-13(5-7-14)10-11-23-20(27)21-24-18(25-30-21)15-8-9-16(28-2)17(12-15)29-3/h4-9,12H,10-11H2,1-3H3,(H,22,26)(H,23,27). The average molecular weight is 410 g/mol. The van der Waals surface area contributed by atoms with Gasteiger partial charge in [-0.3, -0.25) is 9.59 Å². The Labute approximate surface area is 173 Å². The number of benzene rings is 2. The molecule has 0 spiro atoms. The van der Waals surface area contributed by atoms with Gasteiger partial charge in [0.2, 0.25) is 5.82 Å². The van der Waals surface area contributed by atoms with Crippen molar-refractivity contribution in [1.82, 2.24) is 20.8 Å². The van der Waals surface area contributed by atoms with Crippen molar-refractivity contribution in [3.05, 3.63) is 59.5 Å². The first-order chi connectivity index (χ1) is 14.5. The van der Waals surface area contributed by atoms with Gasteiger partial charge >= 0.3 is 11.8 Å². The van der Waals surface area contributed by atoms with E-state index in [1.807, 2.05) is 12.1 Å². The van der Waals surface area contributed by atoms with Gasteiger partial charge < -0.3 is 24.6 Å². The Morgan fingerprint density at radius 3 is 2.40 bits per heavy atom. The van der Waals surface area contributed by atoms with Crippen LogP contribution in [0.3, 0.4) is 0 Å². The molecular formula is C21H22N4O5. The number of hydrogen-bond donors (Lipinski definition) is 2. The van der Waals surface area contributed by atoms with Gasteiger partial charge in [0.15, 0.2) is 11.5 Å². The van der Waals surface area contributed by atoms with Gasteiger partial charge in [0.25, 0.3) is 5.91 Å². The minimum Gasteiger partial charge on any atom is -0.493 e. The van der Waals surface area contributed by atoms with Crippen LogP contribution in [-0.2, 0) is 6.42 Å². The van der Waals surface area contributed by atoms with Gasteiger partial charge in [-0.15, -0.1) is 0 Å².